The lowest BCUT2D eigenvalue weighted by atomic mass is 10.0. The van der Waals surface area contributed by atoms with E-state index in [1.165, 1.54) is 0 Å². The minimum absolute atomic E-state index is 0.0883. The Balaban J connectivity index is 2.04. The van der Waals surface area contributed by atoms with Gasteiger partial charge < -0.3 is 16.4 Å². The highest BCUT2D eigenvalue weighted by Gasteiger charge is 2.37. The van der Waals surface area contributed by atoms with Gasteiger partial charge in [-0.15, -0.1) is 0 Å². The lowest BCUT2D eigenvalue weighted by Gasteiger charge is -2.35. The van der Waals surface area contributed by atoms with Crippen LogP contribution in [-0.4, -0.2) is 22.6 Å². The number of nitrogens with one attached hydrogen (secondary N) is 2. The van der Waals surface area contributed by atoms with Crippen LogP contribution in [0.1, 0.15) is 25.1 Å². The monoisotopic (exact) mass is 322 g/mol. The third kappa shape index (κ3) is 3.22. The van der Waals surface area contributed by atoms with E-state index in [-0.39, 0.29) is 5.92 Å². The van der Waals surface area contributed by atoms with E-state index < -0.39 is 5.79 Å². The van der Waals surface area contributed by atoms with Crippen molar-refractivity contribution in [2.24, 2.45) is 21.6 Å². The second kappa shape index (κ2) is 6.31. The number of hydrogen-bond donors (Lipinski definition) is 3. The van der Waals surface area contributed by atoms with Crippen LogP contribution in [0, 0.1) is 12.8 Å². The molecular weight excluding hydrogens is 300 g/mol. The molecule has 0 saturated heterocycles. The Hall–Kier alpha value is -2.89. The lowest BCUT2D eigenvalue weighted by molar-refractivity contribution is 0.366. The molecule has 1 atom stereocenters. The molecule has 2 aromatic rings. The van der Waals surface area contributed by atoms with Crippen molar-refractivity contribution in [3.63, 3.8) is 0 Å². The first-order chi connectivity index (χ1) is 11.5. The van der Waals surface area contributed by atoms with Crippen molar-refractivity contribution in [1.29, 1.82) is 0 Å². The van der Waals surface area contributed by atoms with Gasteiger partial charge in [0.15, 0.2) is 5.96 Å². The average molecular weight is 322 g/mol. The summed E-state index contributed by atoms with van der Waals surface area (Å²) in [6.07, 6.45) is 1.77. The van der Waals surface area contributed by atoms with Crippen LogP contribution < -0.4 is 16.4 Å². The maximum absolute atomic E-state index is 6.07. The zero-order valence-corrected chi connectivity index (χ0v) is 14.1. The molecule has 2 heterocycles. The Labute approximate surface area is 141 Å². The number of benzene rings is 1. The molecule has 1 aliphatic rings. The summed E-state index contributed by atoms with van der Waals surface area (Å²) in [7, 11) is 0. The molecule has 1 aromatic heterocycles. The van der Waals surface area contributed by atoms with Gasteiger partial charge in [-0.1, -0.05) is 44.2 Å². The standard InChI is InChI=1S/C18H22N6/c1-12(2)18(22-15-9-10-20-13(3)11-15)23-16(21-17(19)24-18)14-7-5-4-6-8-14/h4-12H,1-3H3,(H,20,22)(H3,19,21,23,24). The summed E-state index contributed by atoms with van der Waals surface area (Å²) >= 11 is 0. The van der Waals surface area contributed by atoms with Gasteiger partial charge in [0.25, 0.3) is 0 Å². The van der Waals surface area contributed by atoms with E-state index in [1.54, 1.807) is 6.20 Å². The smallest absolute Gasteiger partial charge is 0.232 e. The fraction of sp³-hybridized carbons (Fsp3) is 0.278. The molecule has 0 fully saturated rings. The van der Waals surface area contributed by atoms with Crippen LogP contribution in [0.3, 0.4) is 0 Å². The van der Waals surface area contributed by atoms with E-state index in [0.29, 0.717) is 11.8 Å². The Morgan fingerprint density at radius 1 is 1.12 bits per heavy atom. The molecule has 0 aliphatic carbocycles. The molecule has 6 nitrogen and oxygen atoms in total. The summed E-state index contributed by atoms with van der Waals surface area (Å²) in [6, 6.07) is 13.8. The number of anilines is 1. The first-order valence-electron chi connectivity index (χ1n) is 7.97. The van der Waals surface area contributed by atoms with E-state index in [4.69, 9.17) is 10.7 Å². The number of aryl methyl sites for hydroxylation is 1. The van der Waals surface area contributed by atoms with Gasteiger partial charge in [-0.05, 0) is 19.1 Å². The van der Waals surface area contributed by atoms with Crippen LogP contribution >= 0.6 is 0 Å². The largest absolute Gasteiger partial charge is 0.370 e. The van der Waals surface area contributed by atoms with Crippen molar-refractivity contribution < 1.29 is 0 Å². The SMILES string of the molecule is Cc1cc(NC2(C(C)C)N=C(N)NC(c3ccccc3)=N2)ccn1. The normalized spacial score (nSPS) is 20.2. The third-order valence-corrected chi connectivity index (χ3v) is 3.90. The number of guanidine groups is 1. The number of aliphatic imine (C=N–C) groups is 2. The van der Waals surface area contributed by atoms with Gasteiger partial charge >= 0.3 is 0 Å². The Morgan fingerprint density at radius 2 is 1.88 bits per heavy atom. The summed E-state index contributed by atoms with van der Waals surface area (Å²) in [6.45, 7) is 6.08. The Bertz CT molecular complexity index is 781. The molecule has 0 bridgehead atoms. The molecule has 24 heavy (non-hydrogen) atoms. The summed E-state index contributed by atoms with van der Waals surface area (Å²) in [5.74, 6) is 0.269. The molecule has 0 saturated carbocycles. The zero-order valence-electron chi connectivity index (χ0n) is 14.1. The highest BCUT2D eigenvalue weighted by Crippen LogP contribution is 2.29. The fourth-order valence-corrected chi connectivity index (χ4v) is 2.58. The molecule has 4 N–H and O–H groups in total. The van der Waals surface area contributed by atoms with Gasteiger partial charge in [0.1, 0.15) is 5.84 Å². The lowest BCUT2D eigenvalue weighted by Crippen LogP contribution is -2.52. The molecule has 1 unspecified atom stereocenters. The van der Waals surface area contributed by atoms with Crippen LogP contribution in [0.2, 0.25) is 0 Å². The minimum Gasteiger partial charge on any atom is -0.370 e. The van der Waals surface area contributed by atoms with Gasteiger partial charge in [-0.25, -0.2) is 9.98 Å². The Kier molecular flexibility index (Phi) is 4.20. The molecule has 0 amide bonds. The van der Waals surface area contributed by atoms with Gasteiger partial charge in [0, 0.05) is 29.1 Å². The van der Waals surface area contributed by atoms with E-state index in [9.17, 15) is 0 Å². The number of pyridine rings is 1. The summed E-state index contributed by atoms with van der Waals surface area (Å²) in [5, 5.41) is 6.49. The minimum atomic E-state index is -0.867. The molecule has 1 aliphatic heterocycles. The topological polar surface area (TPSA) is 87.7 Å². The summed E-state index contributed by atoms with van der Waals surface area (Å²) in [4.78, 5) is 13.7. The van der Waals surface area contributed by atoms with Crippen LogP contribution in [0.5, 0.6) is 0 Å². The van der Waals surface area contributed by atoms with E-state index in [2.05, 4.69) is 34.5 Å². The van der Waals surface area contributed by atoms with Crippen LogP contribution in [0.4, 0.5) is 5.69 Å². The van der Waals surface area contributed by atoms with Crippen molar-refractivity contribution >= 4 is 17.5 Å². The number of aromatic nitrogens is 1. The molecule has 0 spiro atoms. The van der Waals surface area contributed by atoms with Crippen molar-refractivity contribution in [3.05, 3.63) is 59.9 Å². The van der Waals surface area contributed by atoms with Gasteiger partial charge in [-0.2, -0.15) is 0 Å². The van der Waals surface area contributed by atoms with E-state index in [0.717, 1.165) is 16.9 Å². The highest BCUT2D eigenvalue weighted by atomic mass is 15.4. The first-order valence-corrected chi connectivity index (χ1v) is 7.97. The fourth-order valence-electron chi connectivity index (χ4n) is 2.58. The van der Waals surface area contributed by atoms with E-state index >= 15 is 0 Å². The van der Waals surface area contributed by atoms with E-state index in [1.807, 2.05) is 49.4 Å². The van der Waals surface area contributed by atoms with Crippen molar-refractivity contribution in [3.8, 4) is 0 Å². The van der Waals surface area contributed by atoms with Crippen LogP contribution in [0.15, 0.2) is 58.6 Å². The summed E-state index contributed by atoms with van der Waals surface area (Å²) in [5.41, 5.74) is 8.87. The van der Waals surface area contributed by atoms with Gasteiger partial charge in [-0.3, -0.25) is 4.98 Å². The number of hydrogen-bond acceptors (Lipinski definition) is 6. The second-order valence-corrected chi connectivity index (χ2v) is 6.14. The maximum atomic E-state index is 6.07. The zero-order chi connectivity index (χ0) is 17.2. The molecule has 3 rings (SSSR count). The molecule has 0 radical (unpaired) electrons. The molecular formula is C18H22N6. The van der Waals surface area contributed by atoms with Gasteiger partial charge in [0.05, 0.1) is 0 Å². The quantitative estimate of drug-likeness (QED) is 0.807. The summed E-state index contributed by atoms with van der Waals surface area (Å²) < 4.78 is 0. The van der Waals surface area contributed by atoms with Crippen molar-refractivity contribution in [1.82, 2.24) is 10.3 Å². The predicted octanol–water partition coefficient (Wildman–Crippen LogP) is 2.48. The van der Waals surface area contributed by atoms with Crippen molar-refractivity contribution in [2.75, 3.05) is 5.32 Å². The second-order valence-electron chi connectivity index (χ2n) is 6.14. The maximum Gasteiger partial charge on any atom is 0.232 e. The Morgan fingerprint density at radius 3 is 2.54 bits per heavy atom. The molecule has 6 heteroatoms. The number of nitrogens with zero attached hydrogens (tertiary/aromatic N) is 3. The van der Waals surface area contributed by atoms with Crippen LogP contribution in [0.25, 0.3) is 0 Å². The average Bonchev–Trinajstić information content (AvgIpc) is 2.55. The molecule has 124 valence electrons. The number of rotatable bonds is 4. The first kappa shape index (κ1) is 16.0. The highest BCUT2D eigenvalue weighted by molar-refractivity contribution is 6.09. The van der Waals surface area contributed by atoms with Gasteiger partial charge in [0.2, 0.25) is 5.79 Å². The third-order valence-electron chi connectivity index (χ3n) is 3.90. The molecule has 1 aromatic carbocycles. The number of nitrogens with two attached hydrogens (primary N) is 1. The van der Waals surface area contributed by atoms with Crippen molar-refractivity contribution in [2.45, 2.75) is 26.6 Å². The number of amidine groups is 1. The predicted molar refractivity (Wildman–Crippen MR) is 97.9 cm³/mol. The van der Waals surface area contributed by atoms with Crippen LogP contribution in [-0.2, 0) is 0 Å².